The van der Waals surface area contributed by atoms with E-state index in [1.165, 1.54) is 25.5 Å². The van der Waals surface area contributed by atoms with Crippen molar-refractivity contribution in [2.24, 2.45) is 0 Å². The zero-order valence-electron chi connectivity index (χ0n) is 10.8. The van der Waals surface area contributed by atoms with Crippen molar-refractivity contribution in [2.75, 3.05) is 0 Å². The van der Waals surface area contributed by atoms with E-state index < -0.39 is 5.97 Å². The summed E-state index contributed by atoms with van der Waals surface area (Å²) in [5.74, 6) is -0.304. The molecule has 1 fully saturated rings. The van der Waals surface area contributed by atoms with Gasteiger partial charge in [0.2, 0.25) is 0 Å². The van der Waals surface area contributed by atoms with Gasteiger partial charge in [-0.25, -0.2) is 15.2 Å². The fourth-order valence-corrected chi connectivity index (χ4v) is 2.49. The Labute approximate surface area is 107 Å². The quantitative estimate of drug-likeness (QED) is 0.860. The summed E-state index contributed by atoms with van der Waals surface area (Å²) in [6, 6.07) is 2.57. The smallest absolute Gasteiger partial charge is 0.338 e. The summed E-state index contributed by atoms with van der Waals surface area (Å²) in [6.45, 7) is 4.93. The second-order valence-corrected chi connectivity index (χ2v) is 4.98. The van der Waals surface area contributed by atoms with E-state index in [4.69, 9.17) is 9.52 Å². The number of rotatable bonds is 4. The highest BCUT2D eigenvalue weighted by Crippen LogP contribution is 2.20. The molecular formula is C13H20N2O3. The standard InChI is InChI=1S/C13H20N2O3/c1-9-4-3-5-10(2)15(9)14-7-12-6-11(8-18-12)13(16)17/h6,8-10,14H,3-5,7H2,1-2H3,(H,16,17). The highest BCUT2D eigenvalue weighted by molar-refractivity contribution is 5.87. The van der Waals surface area contributed by atoms with Gasteiger partial charge in [0.15, 0.2) is 0 Å². The molecule has 100 valence electrons. The second kappa shape index (κ2) is 5.54. The zero-order valence-corrected chi connectivity index (χ0v) is 10.8. The van der Waals surface area contributed by atoms with Crippen LogP contribution in [0.4, 0.5) is 0 Å². The van der Waals surface area contributed by atoms with Gasteiger partial charge in [0, 0.05) is 12.1 Å². The lowest BCUT2D eigenvalue weighted by Gasteiger charge is -2.38. The van der Waals surface area contributed by atoms with E-state index in [2.05, 4.69) is 24.3 Å². The molecule has 0 saturated carbocycles. The molecule has 0 aromatic carbocycles. The largest absolute Gasteiger partial charge is 0.478 e. The molecule has 1 aromatic rings. The number of aromatic carboxylic acids is 1. The van der Waals surface area contributed by atoms with Crippen molar-refractivity contribution in [3.05, 3.63) is 23.7 Å². The molecule has 0 bridgehead atoms. The Bertz CT molecular complexity index is 406. The molecule has 1 aliphatic rings. The van der Waals surface area contributed by atoms with Crippen molar-refractivity contribution in [1.82, 2.24) is 10.4 Å². The maximum Gasteiger partial charge on any atom is 0.338 e. The number of carbonyl (C=O) groups is 1. The van der Waals surface area contributed by atoms with Crippen molar-refractivity contribution >= 4 is 5.97 Å². The van der Waals surface area contributed by atoms with Crippen LogP contribution in [0.2, 0.25) is 0 Å². The summed E-state index contributed by atoms with van der Waals surface area (Å²) in [5.41, 5.74) is 3.54. The summed E-state index contributed by atoms with van der Waals surface area (Å²) in [7, 11) is 0. The number of nitrogens with zero attached hydrogens (tertiary/aromatic N) is 1. The summed E-state index contributed by atoms with van der Waals surface area (Å²) >= 11 is 0. The number of carboxylic acid groups (broad SMARTS) is 1. The van der Waals surface area contributed by atoms with Gasteiger partial charge in [0.25, 0.3) is 0 Å². The predicted octanol–water partition coefficient (Wildman–Crippen LogP) is 2.25. The Kier molecular flexibility index (Phi) is 4.04. The van der Waals surface area contributed by atoms with E-state index >= 15 is 0 Å². The summed E-state index contributed by atoms with van der Waals surface area (Å²) in [4.78, 5) is 10.7. The first kappa shape index (κ1) is 13.1. The first-order valence-corrected chi connectivity index (χ1v) is 6.40. The molecular weight excluding hydrogens is 232 g/mol. The van der Waals surface area contributed by atoms with E-state index in [1.807, 2.05) is 0 Å². The lowest BCUT2D eigenvalue weighted by Crippen LogP contribution is -2.51. The molecule has 0 spiro atoms. The Morgan fingerprint density at radius 1 is 1.50 bits per heavy atom. The van der Waals surface area contributed by atoms with Crippen molar-refractivity contribution < 1.29 is 14.3 Å². The van der Waals surface area contributed by atoms with Gasteiger partial charge in [0.1, 0.15) is 12.0 Å². The van der Waals surface area contributed by atoms with Gasteiger partial charge >= 0.3 is 5.97 Å². The minimum atomic E-state index is -0.954. The lowest BCUT2D eigenvalue weighted by molar-refractivity contribution is 0.0411. The van der Waals surface area contributed by atoms with Crippen LogP contribution in [0, 0.1) is 0 Å². The number of furan rings is 1. The highest BCUT2D eigenvalue weighted by Gasteiger charge is 2.24. The molecule has 1 aliphatic heterocycles. The zero-order chi connectivity index (χ0) is 13.1. The average Bonchev–Trinajstić information content (AvgIpc) is 2.77. The third-order valence-corrected chi connectivity index (χ3v) is 3.53. The topological polar surface area (TPSA) is 65.7 Å². The molecule has 0 radical (unpaired) electrons. The van der Waals surface area contributed by atoms with Crippen LogP contribution in [0.5, 0.6) is 0 Å². The fourth-order valence-electron chi connectivity index (χ4n) is 2.49. The number of carboxylic acids is 1. The van der Waals surface area contributed by atoms with E-state index in [-0.39, 0.29) is 5.56 Å². The van der Waals surface area contributed by atoms with Crippen molar-refractivity contribution in [3.8, 4) is 0 Å². The molecule has 1 saturated heterocycles. The van der Waals surface area contributed by atoms with Crippen molar-refractivity contribution in [1.29, 1.82) is 0 Å². The van der Waals surface area contributed by atoms with Crippen LogP contribution in [0.15, 0.2) is 16.7 Å². The second-order valence-electron chi connectivity index (χ2n) is 4.98. The fraction of sp³-hybridized carbons (Fsp3) is 0.615. The molecule has 2 heterocycles. The normalized spacial score (nSPS) is 25.2. The van der Waals surface area contributed by atoms with Gasteiger partial charge in [-0.05, 0) is 32.8 Å². The van der Waals surface area contributed by atoms with E-state index in [0.717, 1.165) is 0 Å². The van der Waals surface area contributed by atoms with Crippen LogP contribution in [-0.2, 0) is 6.54 Å². The summed E-state index contributed by atoms with van der Waals surface area (Å²) in [6.07, 6.45) is 4.93. The Morgan fingerprint density at radius 3 is 2.72 bits per heavy atom. The van der Waals surface area contributed by atoms with Crippen LogP contribution < -0.4 is 5.43 Å². The lowest BCUT2D eigenvalue weighted by atomic mass is 10.00. The molecule has 5 nitrogen and oxygen atoms in total. The minimum Gasteiger partial charge on any atom is -0.478 e. The first-order chi connectivity index (χ1) is 8.58. The molecule has 2 unspecified atom stereocenters. The summed E-state index contributed by atoms with van der Waals surface area (Å²) < 4.78 is 5.22. The molecule has 5 heteroatoms. The molecule has 2 N–H and O–H groups in total. The third-order valence-electron chi connectivity index (χ3n) is 3.53. The molecule has 0 amide bonds. The molecule has 1 aromatic heterocycles. The van der Waals surface area contributed by atoms with Crippen LogP contribution in [0.1, 0.15) is 49.2 Å². The third kappa shape index (κ3) is 2.91. The van der Waals surface area contributed by atoms with Crippen LogP contribution >= 0.6 is 0 Å². The monoisotopic (exact) mass is 252 g/mol. The summed E-state index contributed by atoms with van der Waals surface area (Å²) in [5, 5.41) is 11.1. The van der Waals surface area contributed by atoms with Gasteiger partial charge in [-0.2, -0.15) is 0 Å². The molecule has 2 rings (SSSR count). The van der Waals surface area contributed by atoms with E-state index in [9.17, 15) is 4.79 Å². The van der Waals surface area contributed by atoms with Gasteiger partial charge in [-0.1, -0.05) is 6.42 Å². The van der Waals surface area contributed by atoms with Gasteiger partial charge in [-0.15, -0.1) is 0 Å². The van der Waals surface area contributed by atoms with Gasteiger partial charge in [0.05, 0.1) is 12.1 Å². The van der Waals surface area contributed by atoms with Crippen LogP contribution in [-0.4, -0.2) is 28.2 Å². The minimum absolute atomic E-state index is 0.201. The molecule has 2 atom stereocenters. The Hall–Kier alpha value is -1.33. The molecule has 18 heavy (non-hydrogen) atoms. The number of nitrogens with one attached hydrogen (secondary N) is 1. The van der Waals surface area contributed by atoms with Gasteiger partial charge in [-0.3, -0.25) is 0 Å². The first-order valence-electron chi connectivity index (χ1n) is 6.40. The maximum absolute atomic E-state index is 10.7. The van der Waals surface area contributed by atoms with Crippen LogP contribution in [0.3, 0.4) is 0 Å². The maximum atomic E-state index is 10.7. The van der Waals surface area contributed by atoms with E-state index in [1.54, 1.807) is 6.07 Å². The number of hydrazine groups is 1. The number of hydrogen-bond acceptors (Lipinski definition) is 4. The van der Waals surface area contributed by atoms with Gasteiger partial charge < -0.3 is 9.52 Å². The predicted molar refractivity (Wildman–Crippen MR) is 67.1 cm³/mol. The Balaban J connectivity index is 1.91. The Morgan fingerprint density at radius 2 is 2.17 bits per heavy atom. The average molecular weight is 252 g/mol. The van der Waals surface area contributed by atoms with Crippen LogP contribution in [0.25, 0.3) is 0 Å². The highest BCUT2D eigenvalue weighted by atomic mass is 16.4. The van der Waals surface area contributed by atoms with Crippen molar-refractivity contribution in [3.63, 3.8) is 0 Å². The SMILES string of the molecule is CC1CCCC(C)N1NCc1cc(C(=O)O)co1. The van der Waals surface area contributed by atoms with Crippen molar-refractivity contribution in [2.45, 2.75) is 51.7 Å². The number of piperidine rings is 1. The van der Waals surface area contributed by atoms with E-state index in [0.29, 0.717) is 24.4 Å². The number of hydrogen-bond donors (Lipinski definition) is 2. The molecule has 0 aliphatic carbocycles.